The Kier molecular flexibility index (Phi) is 5.47. The van der Waals surface area contributed by atoms with Gasteiger partial charge in [-0.1, -0.05) is 54.2 Å². The molecule has 0 spiro atoms. The Balaban J connectivity index is 1.58. The van der Waals surface area contributed by atoms with E-state index < -0.39 is 0 Å². The molecule has 0 atom stereocenters. The summed E-state index contributed by atoms with van der Waals surface area (Å²) in [6.07, 6.45) is 0. The van der Waals surface area contributed by atoms with Gasteiger partial charge in [-0.05, 0) is 23.3 Å². The molecule has 0 saturated carbocycles. The Hall–Kier alpha value is -2.64. The number of hydroxylamine groups is 1. The molecule has 0 aliphatic carbocycles. The second-order valence-corrected chi connectivity index (χ2v) is 6.37. The highest BCUT2D eigenvalue weighted by molar-refractivity contribution is 8.14. The molecule has 7 heteroatoms. The van der Waals surface area contributed by atoms with Crippen LogP contribution in [0.4, 0.5) is 4.79 Å². The van der Waals surface area contributed by atoms with E-state index in [1.807, 2.05) is 30.3 Å². The third kappa shape index (κ3) is 4.46. The molecule has 25 heavy (non-hydrogen) atoms. The van der Waals surface area contributed by atoms with Gasteiger partial charge in [-0.25, -0.2) is 5.48 Å². The van der Waals surface area contributed by atoms with Crippen LogP contribution in [0.15, 0.2) is 54.6 Å². The number of carbonyl (C=O) groups excluding carboxylic acids is 3. The molecule has 0 aromatic heterocycles. The van der Waals surface area contributed by atoms with Gasteiger partial charge in [-0.15, -0.1) is 0 Å². The summed E-state index contributed by atoms with van der Waals surface area (Å²) in [6.45, 7) is 0.428. The summed E-state index contributed by atoms with van der Waals surface area (Å²) in [5, 5.41) is -0.258. The maximum Gasteiger partial charge on any atom is 0.289 e. The zero-order valence-corrected chi connectivity index (χ0v) is 14.1. The Morgan fingerprint density at radius 1 is 1.08 bits per heavy atom. The molecular weight excluding hydrogens is 340 g/mol. The second kappa shape index (κ2) is 7.96. The fraction of sp³-hybridized carbons (Fsp3) is 0.167. The molecule has 1 aliphatic rings. The Morgan fingerprint density at radius 2 is 1.84 bits per heavy atom. The van der Waals surface area contributed by atoms with E-state index >= 15 is 0 Å². The van der Waals surface area contributed by atoms with Crippen LogP contribution in [0.2, 0.25) is 0 Å². The Bertz CT molecular complexity index is 779. The van der Waals surface area contributed by atoms with E-state index in [-0.39, 0.29) is 36.0 Å². The number of nitrogens with zero attached hydrogens (tertiary/aromatic N) is 1. The van der Waals surface area contributed by atoms with Crippen molar-refractivity contribution in [2.24, 2.45) is 0 Å². The molecule has 6 nitrogen and oxygen atoms in total. The van der Waals surface area contributed by atoms with E-state index in [4.69, 9.17) is 4.84 Å². The van der Waals surface area contributed by atoms with Gasteiger partial charge in [0, 0.05) is 5.56 Å². The Morgan fingerprint density at radius 3 is 2.56 bits per heavy atom. The van der Waals surface area contributed by atoms with E-state index in [0.717, 1.165) is 17.3 Å². The summed E-state index contributed by atoms with van der Waals surface area (Å²) in [4.78, 5) is 41.9. The maximum absolute atomic E-state index is 12.2. The molecule has 3 rings (SSSR count). The van der Waals surface area contributed by atoms with Gasteiger partial charge in [0.1, 0.15) is 0 Å². The van der Waals surface area contributed by atoms with Gasteiger partial charge in [0.25, 0.3) is 11.1 Å². The van der Waals surface area contributed by atoms with Gasteiger partial charge in [0.05, 0.1) is 18.9 Å². The number of carbonyl (C=O) groups is 3. The summed E-state index contributed by atoms with van der Waals surface area (Å²) < 4.78 is 0. The van der Waals surface area contributed by atoms with Gasteiger partial charge in [-0.3, -0.25) is 24.1 Å². The van der Waals surface area contributed by atoms with Crippen LogP contribution in [-0.4, -0.2) is 27.7 Å². The zero-order valence-electron chi connectivity index (χ0n) is 13.3. The quantitative estimate of drug-likeness (QED) is 0.806. The molecule has 0 radical (unpaired) electrons. The lowest BCUT2D eigenvalue weighted by Gasteiger charge is -2.13. The zero-order chi connectivity index (χ0) is 17.6. The lowest BCUT2D eigenvalue weighted by Crippen LogP contribution is -2.28. The third-order valence-corrected chi connectivity index (χ3v) is 4.48. The fourth-order valence-corrected chi connectivity index (χ4v) is 3.07. The van der Waals surface area contributed by atoms with Gasteiger partial charge in [0.2, 0.25) is 5.91 Å². The highest BCUT2D eigenvalue weighted by atomic mass is 32.2. The lowest BCUT2D eigenvalue weighted by atomic mass is 10.1. The van der Waals surface area contributed by atoms with Crippen molar-refractivity contribution in [2.75, 3.05) is 5.75 Å². The number of nitrogens with one attached hydrogen (secondary N) is 1. The average molecular weight is 356 g/mol. The van der Waals surface area contributed by atoms with Crippen LogP contribution in [0.5, 0.6) is 0 Å². The topological polar surface area (TPSA) is 75.7 Å². The number of hydrogen-bond acceptors (Lipinski definition) is 5. The molecule has 2 aromatic rings. The molecule has 1 saturated heterocycles. The largest absolute Gasteiger partial charge is 0.289 e. The molecular formula is C18H16N2O4S. The molecule has 1 fully saturated rings. The molecule has 0 unspecified atom stereocenters. The van der Waals surface area contributed by atoms with Crippen molar-refractivity contribution in [2.45, 2.75) is 13.2 Å². The second-order valence-electron chi connectivity index (χ2n) is 5.44. The molecule has 128 valence electrons. The molecule has 1 aliphatic heterocycles. The summed E-state index contributed by atoms with van der Waals surface area (Å²) in [5.41, 5.74) is 4.45. The highest BCUT2D eigenvalue weighted by Crippen LogP contribution is 2.21. The third-order valence-electron chi connectivity index (χ3n) is 3.62. The van der Waals surface area contributed by atoms with E-state index in [9.17, 15) is 14.4 Å². The number of thioether (sulfide) groups is 1. The first-order valence-corrected chi connectivity index (χ1v) is 8.64. The van der Waals surface area contributed by atoms with Crippen molar-refractivity contribution >= 4 is 28.8 Å². The predicted octanol–water partition coefficient (Wildman–Crippen LogP) is 2.74. The summed E-state index contributed by atoms with van der Waals surface area (Å²) in [6, 6.07) is 16.3. The van der Waals surface area contributed by atoms with Crippen molar-refractivity contribution in [3.63, 3.8) is 0 Å². The van der Waals surface area contributed by atoms with Gasteiger partial charge >= 0.3 is 0 Å². The normalized spacial score (nSPS) is 14.0. The minimum Gasteiger partial charge on any atom is -0.273 e. The van der Waals surface area contributed by atoms with Gasteiger partial charge in [-0.2, -0.15) is 0 Å². The number of benzene rings is 2. The van der Waals surface area contributed by atoms with Crippen LogP contribution in [0.25, 0.3) is 0 Å². The maximum atomic E-state index is 12.2. The first-order valence-electron chi connectivity index (χ1n) is 7.65. The van der Waals surface area contributed by atoms with E-state index in [0.29, 0.717) is 11.1 Å². The van der Waals surface area contributed by atoms with Crippen LogP contribution in [0.1, 0.15) is 21.5 Å². The van der Waals surface area contributed by atoms with Crippen molar-refractivity contribution < 1.29 is 19.2 Å². The summed E-state index contributed by atoms with van der Waals surface area (Å²) in [7, 11) is 0. The number of amides is 3. The van der Waals surface area contributed by atoms with Crippen molar-refractivity contribution in [3.8, 4) is 0 Å². The lowest BCUT2D eigenvalue weighted by molar-refractivity contribution is -0.125. The van der Waals surface area contributed by atoms with Crippen LogP contribution in [0, 0.1) is 0 Å². The standard InChI is InChI=1S/C18H16N2O4S/c21-16-12-25-18(23)20(16)10-14-7-4-8-15(9-14)17(22)19-24-11-13-5-2-1-3-6-13/h1-9H,10-12H2,(H,19,22). The van der Waals surface area contributed by atoms with Crippen molar-refractivity contribution in [3.05, 3.63) is 71.3 Å². The number of hydrogen-bond donors (Lipinski definition) is 1. The number of rotatable bonds is 6. The molecule has 1 heterocycles. The van der Waals surface area contributed by atoms with Crippen LogP contribution >= 0.6 is 11.8 Å². The van der Waals surface area contributed by atoms with Crippen LogP contribution in [-0.2, 0) is 22.8 Å². The molecule has 1 N–H and O–H groups in total. The van der Waals surface area contributed by atoms with Crippen LogP contribution < -0.4 is 5.48 Å². The average Bonchev–Trinajstić information content (AvgIpc) is 2.95. The number of imide groups is 1. The minimum absolute atomic E-state index is 0.163. The molecule has 2 aromatic carbocycles. The Labute approximate surface area is 149 Å². The van der Waals surface area contributed by atoms with Crippen molar-refractivity contribution in [1.29, 1.82) is 0 Å². The molecule has 3 amide bonds. The first kappa shape index (κ1) is 17.2. The fourth-order valence-electron chi connectivity index (χ4n) is 2.35. The van der Waals surface area contributed by atoms with Gasteiger partial charge in [0.15, 0.2) is 0 Å². The van der Waals surface area contributed by atoms with Crippen molar-refractivity contribution in [1.82, 2.24) is 10.4 Å². The van der Waals surface area contributed by atoms with Crippen LogP contribution in [0.3, 0.4) is 0 Å². The smallest absolute Gasteiger partial charge is 0.273 e. The van der Waals surface area contributed by atoms with E-state index in [1.165, 1.54) is 4.90 Å². The summed E-state index contributed by atoms with van der Waals surface area (Å²) >= 11 is 0.990. The van der Waals surface area contributed by atoms with Gasteiger partial charge < -0.3 is 0 Å². The summed E-state index contributed by atoms with van der Waals surface area (Å²) in [5.74, 6) is -0.422. The predicted molar refractivity (Wildman–Crippen MR) is 93.5 cm³/mol. The minimum atomic E-state index is -0.383. The monoisotopic (exact) mass is 356 g/mol. The highest BCUT2D eigenvalue weighted by Gasteiger charge is 2.29. The first-order chi connectivity index (χ1) is 12.1. The van der Waals surface area contributed by atoms with E-state index in [2.05, 4.69) is 5.48 Å². The SMILES string of the molecule is O=C(NOCc1ccccc1)c1cccc(CN2C(=O)CSC2=O)c1. The van der Waals surface area contributed by atoms with E-state index in [1.54, 1.807) is 24.3 Å². The molecule has 0 bridgehead atoms.